The average Bonchev–Trinajstić information content (AvgIpc) is 3.16. The molecule has 3 aromatic rings. The average molecular weight is 519 g/mol. The van der Waals surface area contributed by atoms with Crippen LogP contribution in [0.25, 0.3) is 6.08 Å². The molecule has 1 aliphatic heterocycles. The van der Waals surface area contributed by atoms with Gasteiger partial charge in [-0.15, -0.1) is 0 Å². The van der Waals surface area contributed by atoms with E-state index < -0.39 is 0 Å². The van der Waals surface area contributed by atoms with Crippen molar-refractivity contribution in [2.45, 2.75) is 6.92 Å². The van der Waals surface area contributed by atoms with E-state index in [0.29, 0.717) is 27.8 Å². The van der Waals surface area contributed by atoms with Crippen LogP contribution in [0.2, 0.25) is 0 Å². The van der Waals surface area contributed by atoms with E-state index in [2.05, 4.69) is 5.32 Å². The maximum absolute atomic E-state index is 12.7. The summed E-state index contributed by atoms with van der Waals surface area (Å²) in [6, 6.07) is 21.6. The zero-order valence-electron chi connectivity index (χ0n) is 20.4. The van der Waals surface area contributed by atoms with Crippen LogP contribution in [0, 0.1) is 6.92 Å². The Labute approximate surface area is 219 Å². The number of methoxy groups -OCH3 is 1. The molecule has 37 heavy (non-hydrogen) atoms. The minimum atomic E-state index is -0.351. The Morgan fingerprint density at radius 3 is 2.51 bits per heavy atom. The normalized spacial score (nSPS) is 14.1. The molecule has 0 saturated carbocycles. The second-order valence-electron chi connectivity index (χ2n) is 8.10. The van der Waals surface area contributed by atoms with Crippen LogP contribution in [0.1, 0.15) is 11.1 Å². The predicted octanol–water partition coefficient (Wildman–Crippen LogP) is 5.14. The van der Waals surface area contributed by atoms with Crippen molar-refractivity contribution in [3.05, 3.63) is 88.8 Å². The summed E-state index contributed by atoms with van der Waals surface area (Å²) in [6.45, 7) is 2.17. The molecule has 190 valence electrons. The van der Waals surface area contributed by atoms with Gasteiger partial charge in [0.2, 0.25) is 0 Å². The third-order valence-electron chi connectivity index (χ3n) is 5.38. The van der Waals surface area contributed by atoms with Gasteiger partial charge in [0.25, 0.3) is 17.1 Å². The first-order valence-electron chi connectivity index (χ1n) is 11.5. The Kier molecular flexibility index (Phi) is 8.48. The van der Waals surface area contributed by atoms with Crippen LogP contribution in [0.15, 0.2) is 77.7 Å². The van der Waals surface area contributed by atoms with Gasteiger partial charge in [-0.25, -0.2) is 0 Å². The number of anilines is 1. The summed E-state index contributed by atoms with van der Waals surface area (Å²) in [5.41, 5.74) is 2.36. The number of carbonyl (C=O) groups is 3. The summed E-state index contributed by atoms with van der Waals surface area (Å²) in [4.78, 5) is 38.9. The number of thioether (sulfide) groups is 1. The minimum Gasteiger partial charge on any atom is -0.495 e. The molecule has 0 atom stereocenters. The van der Waals surface area contributed by atoms with E-state index in [1.807, 2.05) is 37.3 Å². The molecule has 1 N–H and O–H groups in total. The van der Waals surface area contributed by atoms with Gasteiger partial charge >= 0.3 is 0 Å². The number of carbonyl (C=O) groups excluding carboxylic acids is 3. The number of amides is 3. The monoisotopic (exact) mass is 518 g/mol. The molecule has 0 radical (unpaired) electrons. The number of aryl methyl sites for hydroxylation is 1. The highest BCUT2D eigenvalue weighted by Gasteiger charge is 2.34. The lowest BCUT2D eigenvalue weighted by Gasteiger charge is -2.13. The second kappa shape index (κ2) is 12.1. The molecule has 0 unspecified atom stereocenters. The van der Waals surface area contributed by atoms with Gasteiger partial charge in [-0.2, -0.15) is 0 Å². The Bertz CT molecular complexity index is 1320. The van der Waals surface area contributed by atoms with Gasteiger partial charge in [-0.1, -0.05) is 36.4 Å². The zero-order valence-corrected chi connectivity index (χ0v) is 21.2. The number of hydrogen-bond acceptors (Lipinski definition) is 7. The molecule has 0 bridgehead atoms. The smallest absolute Gasteiger partial charge is 0.293 e. The lowest BCUT2D eigenvalue weighted by Crippen LogP contribution is -2.32. The van der Waals surface area contributed by atoms with Gasteiger partial charge in [0.05, 0.1) is 24.2 Å². The van der Waals surface area contributed by atoms with E-state index in [0.717, 1.165) is 22.9 Å². The van der Waals surface area contributed by atoms with Gasteiger partial charge < -0.3 is 19.5 Å². The number of rotatable bonds is 10. The fraction of sp³-hybridized carbons (Fsp3) is 0.179. The Morgan fingerprint density at radius 1 is 0.973 bits per heavy atom. The number of imide groups is 1. The number of hydrogen-bond donors (Lipinski definition) is 1. The van der Waals surface area contributed by atoms with Crippen molar-refractivity contribution in [1.82, 2.24) is 4.90 Å². The first-order chi connectivity index (χ1) is 17.9. The summed E-state index contributed by atoms with van der Waals surface area (Å²) in [5.74, 6) is 1.07. The van der Waals surface area contributed by atoms with E-state index in [4.69, 9.17) is 14.2 Å². The number of benzene rings is 3. The van der Waals surface area contributed by atoms with Crippen molar-refractivity contribution in [3.63, 3.8) is 0 Å². The SMILES string of the molecule is COc1ccccc1NC(=O)COc1ccc(/C=C2\SC(=O)N(CCOc3cccc(C)c3)C2=O)cc1. The Hall–Kier alpha value is -4.24. The fourth-order valence-electron chi connectivity index (χ4n) is 3.55. The van der Waals surface area contributed by atoms with Crippen LogP contribution in [-0.2, 0) is 9.59 Å². The molecule has 0 spiro atoms. The summed E-state index contributed by atoms with van der Waals surface area (Å²) in [7, 11) is 1.53. The standard InChI is InChI=1S/C28H26N2O6S/c1-19-6-5-7-22(16-19)35-15-14-30-27(32)25(37-28(30)33)17-20-10-12-21(13-11-20)36-18-26(31)29-23-8-3-4-9-24(23)34-2/h3-13,16-17H,14-15,18H2,1-2H3,(H,29,31)/b25-17-. The second-order valence-corrected chi connectivity index (χ2v) is 9.10. The molecule has 1 heterocycles. The van der Waals surface area contributed by atoms with E-state index in [1.165, 1.54) is 12.0 Å². The molecular weight excluding hydrogens is 492 g/mol. The first-order valence-corrected chi connectivity index (χ1v) is 12.3. The quantitative estimate of drug-likeness (QED) is 0.372. The minimum absolute atomic E-state index is 0.166. The largest absolute Gasteiger partial charge is 0.495 e. The van der Waals surface area contributed by atoms with E-state index >= 15 is 0 Å². The predicted molar refractivity (Wildman–Crippen MR) is 143 cm³/mol. The van der Waals surface area contributed by atoms with Crippen molar-refractivity contribution in [2.24, 2.45) is 0 Å². The third-order valence-corrected chi connectivity index (χ3v) is 6.28. The molecule has 1 aliphatic rings. The van der Waals surface area contributed by atoms with E-state index in [1.54, 1.807) is 48.5 Å². The molecule has 0 aliphatic carbocycles. The van der Waals surface area contributed by atoms with Crippen LogP contribution < -0.4 is 19.5 Å². The number of para-hydroxylation sites is 2. The summed E-state index contributed by atoms with van der Waals surface area (Å²) in [5, 5.41) is 2.42. The van der Waals surface area contributed by atoms with Crippen LogP contribution in [0.3, 0.4) is 0 Å². The fourth-order valence-corrected chi connectivity index (χ4v) is 4.41. The van der Waals surface area contributed by atoms with Gasteiger partial charge in [0, 0.05) is 0 Å². The number of ether oxygens (including phenoxy) is 3. The Morgan fingerprint density at radius 2 is 1.76 bits per heavy atom. The summed E-state index contributed by atoms with van der Waals surface area (Å²) < 4.78 is 16.5. The highest BCUT2D eigenvalue weighted by Crippen LogP contribution is 2.32. The van der Waals surface area contributed by atoms with Crippen LogP contribution in [0.4, 0.5) is 10.5 Å². The molecule has 8 nitrogen and oxygen atoms in total. The topological polar surface area (TPSA) is 94.2 Å². The van der Waals surface area contributed by atoms with Gasteiger partial charge in [-0.3, -0.25) is 19.3 Å². The Balaban J connectivity index is 1.28. The van der Waals surface area contributed by atoms with Gasteiger partial charge in [0.15, 0.2) is 6.61 Å². The van der Waals surface area contributed by atoms with Crippen molar-refractivity contribution < 1.29 is 28.6 Å². The molecule has 1 fully saturated rings. The molecule has 0 aromatic heterocycles. The molecular formula is C28H26N2O6S. The molecule has 4 rings (SSSR count). The van der Waals surface area contributed by atoms with Crippen molar-refractivity contribution in [2.75, 3.05) is 32.2 Å². The van der Waals surface area contributed by atoms with Crippen molar-refractivity contribution in [1.29, 1.82) is 0 Å². The lowest BCUT2D eigenvalue weighted by atomic mass is 10.2. The van der Waals surface area contributed by atoms with Gasteiger partial charge in [0.1, 0.15) is 23.9 Å². The maximum atomic E-state index is 12.7. The highest BCUT2D eigenvalue weighted by atomic mass is 32.2. The molecule has 1 saturated heterocycles. The summed E-state index contributed by atoms with van der Waals surface area (Å²) >= 11 is 0.896. The van der Waals surface area contributed by atoms with Gasteiger partial charge in [-0.05, 0) is 72.3 Å². The third kappa shape index (κ3) is 6.92. The maximum Gasteiger partial charge on any atom is 0.293 e. The highest BCUT2D eigenvalue weighted by molar-refractivity contribution is 8.18. The summed E-state index contributed by atoms with van der Waals surface area (Å²) in [6.07, 6.45) is 1.66. The number of nitrogens with one attached hydrogen (secondary N) is 1. The van der Waals surface area contributed by atoms with Crippen LogP contribution in [-0.4, -0.2) is 48.8 Å². The lowest BCUT2D eigenvalue weighted by molar-refractivity contribution is -0.123. The number of nitrogens with zero attached hydrogens (tertiary/aromatic N) is 1. The van der Waals surface area contributed by atoms with Crippen molar-refractivity contribution >= 4 is 40.6 Å². The van der Waals surface area contributed by atoms with Crippen molar-refractivity contribution in [3.8, 4) is 17.2 Å². The van der Waals surface area contributed by atoms with E-state index in [9.17, 15) is 14.4 Å². The van der Waals surface area contributed by atoms with E-state index in [-0.39, 0.29) is 36.8 Å². The zero-order chi connectivity index (χ0) is 26.2. The first kappa shape index (κ1) is 25.8. The molecule has 9 heteroatoms. The molecule has 3 aromatic carbocycles. The molecule has 3 amide bonds. The van der Waals surface area contributed by atoms with Crippen LogP contribution in [0.5, 0.6) is 17.2 Å². The van der Waals surface area contributed by atoms with Crippen LogP contribution >= 0.6 is 11.8 Å².